The molecule has 5 nitrogen and oxygen atoms in total. The highest BCUT2D eigenvalue weighted by Gasteiger charge is 2.53. The van der Waals surface area contributed by atoms with Crippen LogP contribution in [0.3, 0.4) is 0 Å². The topological polar surface area (TPSA) is 52.1 Å². The predicted octanol–water partition coefficient (Wildman–Crippen LogP) is 3.31. The van der Waals surface area contributed by atoms with E-state index in [2.05, 4.69) is 16.9 Å². The Kier molecular flexibility index (Phi) is 5.18. The smallest absolute Gasteiger partial charge is 0.247 e. The fourth-order valence-corrected chi connectivity index (χ4v) is 4.09. The van der Waals surface area contributed by atoms with Crippen LogP contribution in [0.1, 0.15) is 25.3 Å². The summed E-state index contributed by atoms with van der Waals surface area (Å²) in [6, 6.07) is 7.97. The Bertz CT molecular complexity index is 632. The molecule has 6 heteroatoms. The molecule has 0 radical (unpaired) electrons. The largest absolute Gasteiger partial charge is 0.497 e. The van der Waals surface area contributed by atoms with Crippen LogP contribution >= 0.6 is 11.8 Å². The van der Waals surface area contributed by atoms with E-state index >= 15 is 0 Å². The summed E-state index contributed by atoms with van der Waals surface area (Å²) < 4.78 is 17.8. The van der Waals surface area contributed by atoms with Crippen LogP contribution in [0, 0.1) is 0 Å². The first-order valence-corrected chi connectivity index (χ1v) is 8.90. The molecule has 3 rings (SSSR count). The second-order valence-corrected chi connectivity index (χ2v) is 7.26. The number of rotatable bonds is 5. The minimum absolute atomic E-state index is 0.0163. The Morgan fingerprint density at radius 1 is 1.42 bits per heavy atom. The average molecular weight is 348 g/mol. The third-order valence-electron chi connectivity index (χ3n) is 4.34. The fraction of sp³-hybridized carbons (Fsp3) is 0.500. The molecular formula is C18H24N2O3S. The number of ether oxygens (including phenoxy) is 3. The fourth-order valence-electron chi connectivity index (χ4n) is 2.93. The zero-order valence-electron chi connectivity index (χ0n) is 14.4. The maximum absolute atomic E-state index is 6.33. The van der Waals surface area contributed by atoms with E-state index in [1.165, 1.54) is 11.8 Å². The van der Waals surface area contributed by atoms with Crippen LogP contribution in [-0.2, 0) is 16.1 Å². The first-order valence-electron chi connectivity index (χ1n) is 8.09. The van der Waals surface area contributed by atoms with E-state index in [-0.39, 0.29) is 12.1 Å². The van der Waals surface area contributed by atoms with Crippen molar-refractivity contribution in [1.29, 1.82) is 0 Å². The van der Waals surface area contributed by atoms with Gasteiger partial charge in [0.25, 0.3) is 0 Å². The van der Waals surface area contributed by atoms with Crippen molar-refractivity contribution in [2.45, 2.75) is 43.6 Å². The normalized spacial score (nSPS) is 30.7. The molecule has 2 heterocycles. The van der Waals surface area contributed by atoms with E-state index in [4.69, 9.17) is 14.2 Å². The molecule has 3 unspecified atom stereocenters. The summed E-state index contributed by atoms with van der Waals surface area (Å²) >= 11 is 1.52. The second-order valence-electron chi connectivity index (χ2n) is 6.10. The number of nitrogens with one attached hydrogen (secondary N) is 1. The molecule has 2 aliphatic heterocycles. The average Bonchev–Trinajstić information content (AvgIpc) is 2.98. The summed E-state index contributed by atoms with van der Waals surface area (Å²) in [5.41, 5.74) is 2.11. The van der Waals surface area contributed by atoms with Gasteiger partial charge in [0.05, 0.1) is 25.9 Å². The van der Waals surface area contributed by atoms with E-state index in [0.29, 0.717) is 6.61 Å². The molecule has 2 saturated heterocycles. The molecule has 0 spiro atoms. The Morgan fingerprint density at radius 3 is 2.79 bits per heavy atom. The number of benzene rings is 1. The van der Waals surface area contributed by atoms with Crippen LogP contribution in [0.25, 0.3) is 0 Å². The van der Waals surface area contributed by atoms with Crippen molar-refractivity contribution >= 4 is 16.9 Å². The summed E-state index contributed by atoms with van der Waals surface area (Å²) in [5.74, 6) is 0.836. The lowest BCUT2D eigenvalue weighted by Gasteiger charge is -2.41. The Labute approximate surface area is 147 Å². The van der Waals surface area contributed by atoms with E-state index in [9.17, 15) is 0 Å². The summed E-state index contributed by atoms with van der Waals surface area (Å²) in [6.45, 7) is 6.52. The van der Waals surface area contributed by atoms with Gasteiger partial charge in [0.15, 0.2) is 5.17 Å². The van der Waals surface area contributed by atoms with Crippen LogP contribution < -0.4 is 10.1 Å². The van der Waals surface area contributed by atoms with E-state index in [1.807, 2.05) is 31.2 Å². The summed E-state index contributed by atoms with van der Waals surface area (Å²) in [5, 5.41) is 3.52. The van der Waals surface area contributed by atoms with Gasteiger partial charge >= 0.3 is 0 Å². The third kappa shape index (κ3) is 3.45. The lowest BCUT2D eigenvalue weighted by molar-refractivity contribution is -0.226. The van der Waals surface area contributed by atoms with Crippen molar-refractivity contribution in [3.05, 3.63) is 42.0 Å². The van der Waals surface area contributed by atoms with Crippen molar-refractivity contribution in [2.24, 2.45) is 4.99 Å². The minimum atomic E-state index is -0.753. The summed E-state index contributed by atoms with van der Waals surface area (Å²) in [7, 11) is 3.44. The molecule has 3 atom stereocenters. The lowest BCUT2D eigenvalue weighted by Crippen LogP contribution is -2.51. The number of methoxy groups -OCH3 is 1. The standard InChI is InChI=1S/C18H24N2O3S/c1-12(2)15-9-10-16-18(23-15,24-17(19-3)20-16)22-11-13-5-7-14(21-4)8-6-13/h5-8,15-16H,1,9-11H2,2-4H3,(H,19,20). The Balaban J connectivity index is 1.76. The van der Waals surface area contributed by atoms with Gasteiger partial charge in [-0.3, -0.25) is 4.99 Å². The maximum atomic E-state index is 6.33. The van der Waals surface area contributed by atoms with Gasteiger partial charge in [-0.05, 0) is 49.2 Å². The summed E-state index contributed by atoms with van der Waals surface area (Å²) in [6.07, 6.45) is 1.92. The Hall–Kier alpha value is -1.50. The summed E-state index contributed by atoms with van der Waals surface area (Å²) in [4.78, 5) is 4.27. The van der Waals surface area contributed by atoms with E-state index in [0.717, 1.165) is 34.9 Å². The molecule has 0 amide bonds. The molecule has 1 aromatic carbocycles. The van der Waals surface area contributed by atoms with Gasteiger partial charge < -0.3 is 19.5 Å². The Morgan fingerprint density at radius 2 is 2.17 bits per heavy atom. The number of nitrogens with zero attached hydrogens (tertiary/aromatic N) is 1. The molecule has 2 fully saturated rings. The van der Waals surface area contributed by atoms with Crippen molar-refractivity contribution in [2.75, 3.05) is 14.2 Å². The van der Waals surface area contributed by atoms with E-state index < -0.39 is 5.12 Å². The molecule has 1 aromatic rings. The lowest BCUT2D eigenvalue weighted by atomic mass is 9.99. The van der Waals surface area contributed by atoms with Crippen LogP contribution in [0.2, 0.25) is 0 Å². The SMILES string of the molecule is C=C(C)C1CCC2NC(=NC)SC2(OCc2ccc(OC)cc2)O1. The molecular weight excluding hydrogens is 324 g/mol. The van der Waals surface area contributed by atoms with Gasteiger partial charge in [-0.25, -0.2) is 0 Å². The molecule has 0 bridgehead atoms. The van der Waals surface area contributed by atoms with Gasteiger partial charge in [0.1, 0.15) is 5.75 Å². The number of hydrogen-bond donors (Lipinski definition) is 1. The van der Waals surface area contributed by atoms with Crippen LogP contribution in [-0.4, -0.2) is 36.6 Å². The molecule has 24 heavy (non-hydrogen) atoms. The highest BCUT2D eigenvalue weighted by molar-refractivity contribution is 8.15. The molecule has 0 saturated carbocycles. The quantitative estimate of drug-likeness (QED) is 0.828. The van der Waals surface area contributed by atoms with Crippen LogP contribution in [0.5, 0.6) is 5.75 Å². The van der Waals surface area contributed by atoms with Crippen LogP contribution in [0.4, 0.5) is 0 Å². The number of aliphatic imine (C=N–C) groups is 1. The highest BCUT2D eigenvalue weighted by Crippen LogP contribution is 2.45. The molecule has 2 aliphatic rings. The number of fused-ring (bicyclic) bond motifs is 1. The minimum Gasteiger partial charge on any atom is -0.497 e. The number of hydrogen-bond acceptors (Lipinski definition) is 5. The molecule has 1 N–H and O–H groups in total. The van der Waals surface area contributed by atoms with Gasteiger partial charge in [-0.1, -0.05) is 24.3 Å². The number of amidine groups is 1. The first-order chi connectivity index (χ1) is 11.6. The van der Waals surface area contributed by atoms with Gasteiger partial charge in [-0.2, -0.15) is 0 Å². The molecule has 0 aliphatic carbocycles. The van der Waals surface area contributed by atoms with E-state index in [1.54, 1.807) is 14.2 Å². The van der Waals surface area contributed by atoms with Crippen molar-refractivity contribution in [3.8, 4) is 5.75 Å². The second kappa shape index (κ2) is 7.17. The molecule has 0 aromatic heterocycles. The first kappa shape index (κ1) is 17.3. The van der Waals surface area contributed by atoms with Crippen molar-refractivity contribution in [1.82, 2.24) is 5.32 Å². The highest BCUT2D eigenvalue weighted by atomic mass is 32.2. The zero-order chi connectivity index (χ0) is 17.2. The predicted molar refractivity (Wildman–Crippen MR) is 97.3 cm³/mol. The van der Waals surface area contributed by atoms with Crippen molar-refractivity contribution in [3.63, 3.8) is 0 Å². The van der Waals surface area contributed by atoms with Gasteiger partial charge in [0.2, 0.25) is 5.12 Å². The molecule has 130 valence electrons. The van der Waals surface area contributed by atoms with Crippen molar-refractivity contribution < 1.29 is 14.2 Å². The number of thioether (sulfide) groups is 1. The van der Waals surface area contributed by atoms with Gasteiger partial charge in [-0.15, -0.1) is 0 Å². The zero-order valence-corrected chi connectivity index (χ0v) is 15.2. The monoisotopic (exact) mass is 348 g/mol. The maximum Gasteiger partial charge on any atom is 0.247 e. The van der Waals surface area contributed by atoms with Crippen LogP contribution in [0.15, 0.2) is 41.4 Å². The van der Waals surface area contributed by atoms with Gasteiger partial charge in [0, 0.05) is 7.05 Å². The third-order valence-corrected chi connectivity index (χ3v) is 5.62.